The van der Waals surface area contributed by atoms with E-state index < -0.39 is 6.10 Å². The summed E-state index contributed by atoms with van der Waals surface area (Å²) < 4.78 is 5.90. The Balaban J connectivity index is 1.39. The first-order chi connectivity index (χ1) is 13.2. The zero-order valence-corrected chi connectivity index (χ0v) is 17.1. The number of amides is 1. The molecule has 4 heteroatoms. The smallest absolute Gasteiger partial charge is 0.260 e. The summed E-state index contributed by atoms with van der Waals surface area (Å²) in [7, 11) is 0. The lowest BCUT2D eigenvalue weighted by molar-refractivity contribution is -0.127. The van der Waals surface area contributed by atoms with E-state index in [9.17, 15) is 4.79 Å². The van der Waals surface area contributed by atoms with Crippen LogP contribution < -0.4 is 10.1 Å². The third-order valence-electron chi connectivity index (χ3n) is 6.14. The first-order valence-corrected chi connectivity index (χ1v) is 11.0. The lowest BCUT2D eigenvalue weighted by Crippen LogP contribution is -2.41. The average molecular weight is 373 g/mol. The number of nitrogens with one attached hydrogen (secondary N) is 1. The van der Waals surface area contributed by atoms with Crippen molar-refractivity contribution in [1.82, 2.24) is 10.2 Å². The number of nitrogens with zero attached hydrogens (tertiary/aromatic N) is 1. The molecule has 1 aliphatic heterocycles. The van der Waals surface area contributed by atoms with Gasteiger partial charge in [-0.1, -0.05) is 19.4 Å². The Kier molecular flexibility index (Phi) is 7.57. The standard InChI is InChI=1S/C23H36N2O2/c1-3-21-11-6-7-15-25(21)16-8-14-24-23(26)18(2)27-22-13-12-19-9-4-5-10-20(19)17-22/h12-13,17-18,21H,3-11,14-16H2,1-2H3,(H,24,26). The molecule has 1 N–H and O–H groups in total. The van der Waals surface area contributed by atoms with Crippen LogP contribution in [0.1, 0.15) is 69.9 Å². The summed E-state index contributed by atoms with van der Waals surface area (Å²) in [5.74, 6) is 0.802. The molecule has 0 aromatic heterocycles. The summed E-state index contributed by atoms with van der Waals surface area (Å²) in [6.07, 6.45) is 10.6. The fourth-order valence-electron chi connectivity index (χ4n) is 4.49. The molecule has 1 aliphatic carbocycles. The van der Waals surface area contributed by atoms with Crippen LogP contribution in [0.5, 0.6) is 5.75 Å². The highest BCUT2D eigenvalue weighted by Crippen LogP contribution is 2.26. The normalized spacial score (nSPS) is 21.3. The van der Waals surface area contributed by atoms with Crippen molar-refractivity contribution in [3.05, 3.63) is 29.3 Å². The summed E-state index contributed by atoms with van der Waals surface area (Å²) in [6.45, 7) is 7.14. The Morgan fingerprint density at radius 1 is 1.22 bits per heavy atom. The van der Waals surface area contributed by atoms with Gasteiger partial charge in [-0.15, -0.1) is 0 Å². The molecule has 2 aliphatic rings. The van der Waals surface area contributed by atoms with Crippen LogP contribution in [0.3, 0.4) is 0 Å². The van der Waals surface area contributed by atoms with E-state index in [2.05, 4.69) is 29.3 Å². The van der Waals surface area contributed by atoms with Crippen molar-refractivity contribution in [1.29, 1.82) is 0 Å². The number of piperidine rings is 1. The molecule has 1 fully saturated rings. The largest absolute Gasteiger partial charge is 0.481 e. The fourth-order valence-corrected chi connectivity index (χ4v) is 4.49. The highest BCUT2D eigenvalue weighted by Gasteiger charge is 2.20. The summed E-state index contributed by atoms with van der Waals surface area (Å²) in [5.41, 5.74) is 2.83. The Morgan fingerprint density at radius 2 is 2.04 bits per heavy atom. The molecule has 0 bridgehead atoms. The summed E-state index contributed by atoms with van der Waals surface area (Å²) in [6, 6.07) is 7.03. The molecule has 0 radical (unpaired) electrons. The van der Waals surface area contributed by atoms with Gasteiger partial charge in [0.1, 0.15) is 5.75 Å². The van der Waals surface area contributed by atoms with Crippen molar-refractivity contribution >= 4 is 5.91 Å². The van der Waals surface area contributed by atoms with Crippen LogP contribution in [0.2, 0.25) is 0 Å². The van der Waals surface area contributed by atoms with Gasteiger partial charge in [0.2, 0.25) is 0 Å². The highest BCUT2D eigenvalue weighted by molar-refractivity contribution is 5.80. The Hall–Kier alpha value is -1.55. The van der Waals surface area contributed by atoms with Crippen LogP contribution in [0.4, 0.5) is 0 Å². The van der Waals surface area contributed by atoms with Gasteiger partial charge >= 0.3 is 0 Å². The number of fused-ring (bicyclic) bond motifs is 1. The number of hydrogen-bond acceptors (Lipinski definition) is 3. The Bertz CT molecular complexity index is 616. The first kappa shape index (κ1) is 20.2. The summed E-state index contributed by atoms with van der Waals surface area (Å²) in [5, 5.41) is 3.05. The molecule has 1 aromatic rings. The lowest BCUT2D eigenvalue weighted by Gasteiger charge is -2.35. The van der Waals surface area contributed by atoms with Crippen LogP contribution in [0.15, 0.2) is 18.2 Å². The molecule has 1 saturated heterocycles. The summed E-state index contributed by atoms with van der Waals surface area (Å²) >= 11 is 0. The maximum atomic E-state index is 12.4. The van der Waals surface area contributed by atoms with E-state index in [0.717, 1.165) is 37.7 Å². The van der Waals surface area contributed by atoms with E-state index in [1.54, 1.807) is 0 Å². The van der Waals surface area contributed by atoms with Gasteiger partial charge < -0.3 is 15.0 Å². The van der Waals surface area contributed by atoms with E-state index in [1.807, 2.05) is 13.0 Å². The number of hydrogen-bond donors (Lipinski definition) is 1. The molecule has 27 heavy (non-hydrogen) atoms. The fraction of sp³-hybridized carbons (Fsp3) is 0.696. The minimum Gasteiger partial charge on any atom is -0.481 e. The molecular weight excluding hydrogens is 336 g/mol. The Morgan fingerprint density at radius 3 is 2.85 bits per heavy atom. The molecule has 150 valence electrons. The second-order valence-corrected chi connectivity index (χ2v) is 8.14. The lowest BCUT2D eigenvalue weighted by atomic mass is 9.92. The van der Waals surface area contributed by atoms with Gasteiger partial charge in [-0.25, -0.2) is 0 Å². The van der Waals surface area contributed by atoms with Crippen molar-refractivity contribution < 1.29 is 9.53 Å². The van der Waals surface area contributed by atoms with Gasteiger partial charge in [0, 0.05) is 19.1 Å². The van der Waals surface area contributed by atoms with E-state index in [1.165, 1.54) is 62.6 Å². The highest BCUT2D eigenvalue weighted by atomic mass is 16.5. The molecule has 1 heterocycles. The number of ether oxygens (including phenoxy) is 1. The zero-order valence-electron chi connectivity index (χ0n) is 17.1. The number of carbonyl (C=O) groups is 1. The van der Waals surface area contributed by atoms with Gasteiger partial charge in [-0.2, -0.15) is 0 Å². The molecule has 0 spiro atoms. The number of benzene rings is 1. The molecule has 1 aromatic carbocycles. The van der Waals surface area contributed by atoms with E-state index >= 15 is 0 Å². The van der Waals surface area contributed by atoms with Crippen LogP contribution in [-0.4, -0.2) is 42.6 Å². The van der Waals surface area contributed by atoms with Gasteiger partial charge in [0.05, 0.1) is 0 Å². The van der Waals surface area contributed by atoms with Gasteiger partial charge in [-0.05, 0) is 88.1 Å². The summed E-state index contributed by atoms with van der Waals surface area (Å²) in [4.78, 5) is 15.0. The average Bonchev–Trinajstić information content (AvgIpc) is 2.71. The molecule has 3 rings (SSSR count). The second kappa shape index (κ2) is 10.1. The van der Waals surface area contributed by atoms with E-state index in [4.69, 9.17) is 4.74 Å². The SMILES string of the molecule is CCC1CCCCN1CCCNC(=O)C(C)Oc1ccc2c(c1)CCCC2. The monoisotopic (exact) mass is 372 g/mol. The predicted octanol–water partition coefficient (Wildman–Crippen LogP) is 4.10. The third-order valence-corrected chi connectivity index (χ3v) is 6.14. The number of likely N-dealkylation sites (tertiary alicyclic amines) is 1. The molecule has 0 saturated carbocycles. The zero-order chi connectivity index (χ0) is 19.1. The second-order valence-electron chi connectivity index (χ2n) is 8.14. The number of carbonyl (C=O) groups excluding carboxylic acids is 1. The van der Waals surface area contributed by atoms with Gasteiger partial charge in [-0.3, -0.25) is 4.79 Å². The van der Waals surface area contributed by atoms with Gasteiger partial charge in [0.25, 0.3) is 5.91 Å². The van der Waals surface area contributed by atoms with Crippen molar-refractivity contribution in [2.45, 2.75) is 83.8 Å². The minimum atomic E-state index is -0.454. The van der Waals surface area contributed by atoms with E-state index in [0.29, 0.717) is 0 Å². The predicted molar refractivity (Wildman–Crippen MR) is 110 cm³/mol. The minimum absolute atomic E-state index is 0.0154. The molecule has 1 amide bonds. The Labute approximate surface area is 164 Å². The van der Waals surface area contributed by atoms with E-state index in [-0.39, 0.29) is 5.91 Å². The van der Waals surface area contributed by atoms with Gasteiger partial charge in [0.15, 0.2) is 6.10 Å². The number of aryl methyl sites for hydroxylation is 2. The van der Waals surface area contributed by atoms with Crippen molar-refractivity contribution in [3.63, 3.8) is 0 Å². The topological polar surface area (TPSA) is 41.6 Å². The number of rotatable bonds is 8. The van der Waals surface area contributed by atoms with Crippen LogP contribution in [0, 0.1) is 0 Å². The van der Waals surface area contributed by atoms with Crippen LogP contribution in [0.25, 0.3) is 0 Å². The van der Waals surface area contributed by atoms with Crippen molar-refractivity contribution in [2.75, 3.05) is 19.6 Å². The molecular formula is C23H36N2O2. The molecule has 2 atom stereocenters. The van der Waals surface area contributed by atoms with Crippen molar-refractivity contribution in [2.24, 2.45) is 0 Å². The quantitative estimate of drug-likeness (QED) is 0.699. The molecule has 2 unspecified atom stereocenters. The third kappa shape index (κ3) is 5.71. The maximum absolute atomic E-state index is 12.4. The molecule has 4 nitrogen and oxygen atoms in total. The first-order valence-electron chi connectivity index (χ1n) is 11.0. The maximum Gasteiger partial charge on any atom is 0.260 e. The van der Waals surface area contributed by atoms with Crippen LogP contribution in [-0.2, 0) is 17.6 Å². The van der Waals surface area contributed by atoms with Crippen molar-refractivity contribution in [3.8, 4) is 5.75 Å². The van der Waals surface area contributed by atoms with Crippen LogP contribution >= 0.6 is 0 Å².